The number of thiol groups is 1. The number of hydrogen-bond donors (Lipinski definition) is 9. The van der Waals surface area contributed by atoms with E-state index in [0.29, 0.717) is 38.8 Å². The molecule has 0 radical (unpaired) electrons. The Balaban J connectivity index is 0.0000109. The van der Waals surface area contributed by atoms with Gasteiger partial charge in [0.25, 0.3) is 5.91 Å². The number of carbonyl (C=O) groups excluding carboxylic acids is 8. The smallest absolute Gasteiger partial charge is 2.00 e. The molecule has 10 N–H and O–H groups in total. The van der Waals surface area contributed by atoms with Crippen LogP contribution in [-0.4, -0.2) is 188 Å². The molecule has 0 aromatic heterocycles. The van der Waals surface area contributed by atoms with Gasteiger partial charge in [0.05, 0.1) is 26.4 Å². The first-order valence-corrected chi connectivity index (χ1v) is 22.3. The fourth-order valence-corrected chi connectivity index (χ4v) is 7.63. The Morgan fingerprint density at radius 3 is 2.08 bits per heavy atom. The Labute approximate surface area is 405 Å². The first-order valence-electron chi connectivity index (χ1n) is 21.7. The normalized spacial score (nSPS) is 17.9. The maximum absolute atomic E-state index is 14.0. The van der Waals surface area contributed by atoms with Crippen LogP contribution in [0.4, 0.5) is 0 Å². The molecule has 2 fully saturated rings. The molecule has 2 aliphatic rings. The van der Waals surface area contributed by atoms with Gasteiger partial charge in [-0.1, -0.05) is 44.2 Å². The Kier molecular flexibility index (Phi) is 28.0. The van der Waals surface area contributed by atoms with Crippen LogP contribution in [0.5, 0.6) is 0 Å². The number of ether oxygens (including phenoxy) is 2. The number of nitrogens with one attached hydrogen (secondary N) is 5. The van der Waals surface area contributed by atoms with Crippen molar-refractivity contribution in [3.63, 3.8) is 0 Å². The minimum Gasteiger partial charge on any atom is -2.00 e. The van der Waals surface area contributed by atoms with Gasteiger partial charge in [0.2, 0.25) is 41.4 Å². The molecular formula is C42H68N10O12STc+3. The first-order chi connectivity index (χ1) is 30.4. The summed E-state index contributed by atoms with van der Waals surface area (Å²) in [7, 11) is 3.33. The van der Waals surface area contributed by atoms with E-state index in [2.05, 4.69) is 39.2 Å². The maximum atomic E-state index is 14.0. The molecular weight excluding hydrogens is 967 g/mol. The van der Waals surface area contributed by atoms with Crippen molar-refractivity contribution < 1.29 is 78.5 Å². The number of primary amides is 1. The summed E-state index contributed by atoms with van der Waals surface area (Å²) in [5.41, 5.74) is 12.3. The van der Waals surface area contributed by atoms with Crippen LogP contribution in [0.1, 0.15) is 51.5 Å². The fourth-order valence-electron chi connectivity index (χ4n) is 7.36. The molecule has 3 rings (SSSR count). The van der Waals surface area contributed by atoms with Crippen LogP contribution in [0.25, 0.3) is 0 Å². The standard InChI is InChI=1S/C42H68N10O11S.O.Tc/c1-26(2)20-29(48-40(59)36(55)28(43)21-27-10-6-5-7-11-27)41(60)52-16-9-13-33(52)42(61)51-15-8-12-32(51)39(58)45-14-17-62-18-19-63-24-35(54)46-22-30(47-34(53)23-50(3)4)38(57)49-31(25-64)37(44)56;;/h5-7,10-11,26,28-33,36,55,64H,8-9,12-25,43H2,1-4H3,(H2,44,56)(H,45,58)(H,46,54)(H,47,53)(H,48,59)(H,49,57);;/q;-2;+5/t28-,29?,30?,31?,32?,33?,36+;;/m0../s1. The van der Waals surface area contributed by atoms with Crippen LogP contribution < -0.4 is 38.1 Å². The number of hydrogen-bond acceptors (Lipinski definition) is 14. The molecule has 5 unspecified atom stereocenters. The molecule has 1 aromatic carbocycles. The van der Waals surface area contributed by atoms with Gasteiger partial charge in [0.1, 0.15) is 42.9 Å². The van der Waals surface area contributed by atoms with Crippen molar-refractivity contribution in [3.05, 3.63) is 35.9 Å². The SMILES string of the molecule is CC(C)CC(NC(=O)[C@H](O)[C@@H](N)Cc1ccccc1)C(=O)N1CCCC1C(=O)N1CCCC1C(=O)NCCOCCOCC(=O)NCC(NC(=O)CN(C)C)C(=O)NC(CS)C(N)=O.[O-2].[Tc+5]. The van der Waals surface area contributed by atoms with Gasteiger partial charge < -0.3 is 72.8 Å². The number of likely N-dealkylation sites (tertiary alicyclic amines) is 2. The molecule has 0 saturated carbocycles. The average Bonchev–Trinajstić information content (AvgIpc) is 3.95. The van der Waals surface area contributed by atoms with E-state index in [0.717, 1.165) is 5.56 Å². The summed E-state index contributed by atoms with van der Waals surface area (Å²) in [6.45, 7) is 4.13. The Hall–Kier alpha value is -4.26. The van der Waals surface area contributed by atoms with Gasteiger partial charge in [0, 0.05) is 38.0 Å². The van der Waals surface area contributed by atoms with Gasteiger partial charge in [-0.25, -0.2) is 0 Å². The van der Waals surface area contributed by atoms with Crippen molar-refractivity contribution >= 4 is 59.9 Å². The molecule has 368 valence electrons. The third kappa shape index (κ3) is 19.9. The van der Waals surface area contributed by atoms with Crippen molar-refractivity contribution in [1.82, 2.24) is 41.3 Å². The van der Waals surface area contributed by atoms with E-state index in [4.69, 9.17) is 20.9 Å². The number of amides is 8. The first kappa shape index (κ1) is 59.8. The molecule has 24 heteroatoms. The molecule has 0 spiro atoms. The van der Waals surface area contributed by atoms with E-state index < -0.39 is 77.8 Å². The molecule has 2 heterocycles. The van der Waals surface area contributed by atoms with Crippen molar-refractivity contribution in [2.45, 2.75) is 94.7 Å². The third-order valence-corrected chi connectivity index (χ3v) is 10.9. The largest absolute Gasteiger partial charge is 5.00 e. The number of rotatable bonds is 27. The van der Waals surface area contributed by atoms with E-state index >= 15 is 0 Å². The molecule has 66 heavy (non-hydrogen) atoms. The third-order valence-electron chi connectivity index (χ3n) is 10.6. The van der Waals surface area contributed by atoms with E-state index in [1.54, 1.807) is 19.0 Å². The van der Waals surface area contributed by atoms with Gasteiger partial charge in [-0.15, -0.1) is 0 Å². The van der Waals surface area contributed by atoms with E-state index in [1.165, 1.54) is 9.80 Å². The van der Waals surface area contributed by atoms with Gasteiger partial charge in [-0.05, 0) is 64.1 Å². The van der Waals surface area contributed by atoms with Crippen LogP contribution in [0.2, 0.25) is 0 Å². The number of nitrogens with two attached hydrogens (primary N) is 2. The zero-order valence-corrected chi connectivity index (χ0v) is 40.8. The van der Waals surface area contributed by atoms with E-state index in [1.807, 2.05) is 44.2 Å². The number of carbonyl (C=O) groups is 8. The van der Waals surface area contributed by atoms with Crippen LogP contribution >= 0.6 is 12.6 Å². The predicted molar refractivity (Wildman–Crippen MR) is 239 cm³/mol. The number of nitrogens with zero attached hydrogens (tertiary/aromatic N) is 3. The van der Waals surface area contributed by atoms with E-state index in [-0.39, 0.29) is 108 Å². The van der Waals surface area contributed by atoms with Crippen LogP contribution in [0, 0.1) is 5.92 Å². The second kappa shape index (κ2) is 30.9. The van der Waals surface area contributed by atoms with Crippen molar-refractivity contribution in [2.24, 2.45) is 17.4 Å². The summed E-state index contributed by atoms with van der Waals surface area (Å²) in [5, 5.41) is 23.7. The minimum atomic E-state index is -1.56. The van der Waals surface area contributed by atoms with Crippen molar-refractivity contribution in [2.75, 3.05) is 79.0 Å². The van der Waals surface area contributed by atoms with Crippen LogP contribution in [0.15, 0.2) is 30.3 Å². The molecule has 0 aliphatic carbocycles. The molecule has 0 bridgehead atoms. The molecule has 1 aromatic rings. The number of aliphatic hydroxyl groups is 1. The topological polar surface area (TPSA) is 326 Å². The zero-order valence-electron chi connectivity index (χ0n) is 38.1. The quantitative estimate of drug-likeness (QED) is 0.0306. The van der Waals surface area contributed by atoms with Gasteiger partial charge in [0.15, 0.2) is 0 Å². The van der Waals surface area contributed by atoms with Crippen LogP contribution in [0.3, 0.4) is 0 Å². The molecule has 22 nitrogen and oxygen atoms in total. The monoisotopic (exact) mass is 1030 g/mol. The maximum Gasteiger partial charge on any atom is 5.00 e. The van der Waals surface area contributed by atoms with Crippen molar-refractivity contribution in [1.29, 1.82) is 0 Å². The van der Waals surface area contributed by atoms with Gasteiger partial charge in [-0.3, -0.25) is 38.4 Å². The Bertz CT molecular complexity index is 1740. The Morgan fingerprint density at radius 1 is 0.833 bits per heavy atom. The number of likely N-dealkylation sites (N-methyl/N-ethyl adjacent to an activating group) is 1. The van der Waals surface area contributed by atoms with Crippen LogP contribution in [-0.2, 0) is 79.8 Å². The molecule has 7 atom stereocenters. The van der Waals surface area contributed by atoms with Gasteiger partial charge in [-0.2, -0.15) is 12.6 Å². The fraction of sp³-hybridized carbons (Fsp3) is 0.667. The summed E-state index contributed by atoms with van der Waals surface area (Å²) in [6, 6.07) is 3.48. The van der Waals surface area contributed by atoms with E-state index in [9.17, 15) is 43.5 Å². The number of aliphatic hydroxyl groups excluding tert-OH is 1. The summed E-state index contributed by atoms with van der Waals surface area (Å²) in [6.07, 6.45) is 0.993. The summed E-state index contributed by atoms with van der Waals surface area (Å²) < 4.78 is 10.9. The second-order valence-corrected chi connectivity index (χ2v) is 17.0. The van der Waals surface area contributed by atoms with Crippen molar-refractivity contribution in [3.8, 4) is 0 Å². The zero-order chi connectivity index (χ0) is 47.3. The predicted octanol–water partition coefficient (Wildman–Crippen LogP) is -3.48. The average molecular weight is 1040 g/mol. The molecule has 8 amide bonds. The summed E-state index contributed by atoms with van der Waals surface area (Å²) in [5.74, 6) is -4.55. The summed E-state index contributed by atoms with van der Waals surface area (Å²) in [4.78, 5) is 108. The molecule has 2 saturated heterocycles. The molecule has 2 aliphatic heterocycles. The second-order valence-electron chi connectivity index (χ2n) is 16.6. The number of benzene rings is 1. The Morgan fingerprint density at radius 2 is 1.45 bits per heavy atom. The van der Waals surface area contributed by atoms with Gasteiger partial charge >= 0.3 is 20.1 Å². The minimum absolute atomic E-state index is 0. The summed E-state index contributed by atoms with van der Waals surface area (Å²) >= 11 is 4.00.